The van der Waals surface area contributed by atoms with Gasteiger partial charge in [0.1, 0.15) is 17.7 Å². The molecule has 0 radical (unpaired) electrons. The molecular weight excluding hydrogens is 414 g/mol. The fourth-order valence-corrected chi connectivity index (χ4v) is 11.1. The van der Waals surface area contributed by atoms with E-state index in [1.54, 1.807) is 0 Å². The maximum absolute atomic E-state index is 6.74. The smallest absolute Gasteiger partial charge is 0.145 e. The molecule has 3 aliphatic rings. The highest BCUT2D eigenvalue weighted by Gasteiger charge is 2.91. The molecule has 3 fully saturated rings. The molecule has 0 atom stereocenters. The lowest BCUT2D eigenvalue weighted by atomic mass is 9.51. The first-order valence-electron chi connectivity index (χ1n) is 7.74. The van der Waals surface area contributed by atoms with Crippen LogP contribution in [0.2, 0.25) is 0 Å². The third-order valence-corrected chi connectivity index (χ3v) is 15.6. The highest BCUT2D eigenvalue weighted by Crippen LogP contribution is 2.92. The van der Waals surface area contributed by atoms with E-state index in [1.165, 1.54) is 12.0 Å². The summed E-state index contributed by atoms with van der Waals surface area (Å²) in [5.41, 5.74) is -1.46. The minimum absolute atomic E-state index is 0.262. The van der Waals surface area contributed by atoms with Crippen LogP contribution in [0.1, 0.15) is 55.4 Å². The molecule has 1 heterocycles. The van der Waals surface area contributed by atoms with E-state index in [2.05, 4.69) is 55.4 Å². The van der Waals surface area contributed by atoms with E-state index >= 15 is 0 Å². The topological polar surface area (TPSA) is 9.23 Å². The summed E-state index contributed by atoms with van der Waals surface area (Å²) >= 11 is 30.3. The molecule has 1 aliphatic heterocycles. The zero-order chi connectivity index (χ0) is 18.1. The first kappa shape index (κ1) is 19.6. The summed E-state index contributed by atoms with van der Waals surface area (Å²) in [6.07, 6.45) is 0. The van der Waals surface area contributed by atoms with E-state index in [0.717, 1.165) is 0 Å². The van der Waals surface area contributed by atoms with E-state index < -0.39 is 24.4 Å². The van der Waals surface area contributed by atoms with Gasteiger partial charge < -0.3 is 0 Å². The Morgan fingerprint density at radius 1 is 0.609 bits per heavy atom. The lowest BCUT2D eigenvalue weighted by Crippen LogP contribution is -2.80. The largest absolute Gasteiger partial charge is 0.295 e. The molecule has 0 amide bonds. The summed E-state index contributed by atoms with van der Waals surface area (Å²) in [7, 11) is 0. The van der Waals surface area contributed by atoms with Crippen molar-refractivity contribution in [3.05, 3.63) is 0 Å². The average molecular weight is 438 g/mol. The van der Waals surface area contributed by atoms with Crippen LogP contribution in [0.15, 0.2) is 0 Å². The van der Waals surface area contributed by atoms with Crippen molar-refractivity contribution in [2.24, 2.45) is 21.7 Å². The Morgan fingerprint density at radius 2 is 0.957 bits per heavy atom. The summed E-state index contributed by atoms with van der Waals surface area (Å²) in [6.45, 7) is 16.8. The first-order chi connectivity index (χ1) is 9.91. The second-order valence-electron chi connectivity index (χ2n) is 9.15. The zero-order valence-corrected chi connectivity index (χ0v) is 19.4. The number of thioether (sulfide) groups is 1. The lowest BCUT2D eigenvalue weighted by Gasteiger charge is -2.74. The maximum atomic E-state index is 6.74. The predicted molar refractivity (Wildman–Crippen MR) is 106 cm³/mol. The Balaban J connectivity index is 2.09. The molecule has 2 spiro atoms. The van der Waals surface area contributed by atoms with Crippen LogP contribution >= 0.6 is 70.2 Å². The Labute approximate surface area is 168 Å². The molecule has 134 valence electrons. The molecule has 0 bridgehead atoms. The summed E-state index contributed by atoms with van der Waals surface area (Å²) < 4.78 is 4.50. The molecule has 23 heavy (non-hydrogen) atoms. The summed E-state index contributed by atoms with van der Waals surface area (Å²) in [6, 6.07) is 0. The van der Waals surface area contributed by atoms with E-state index in [1.807, 2.05) is 11.8 Å². The summed E-state index contributed by atoms with van der Waals surface area (Å²) in [5.74, 6) is 0. The van der Waals surface area contributed by atoms with Crippen molar-refractivity contribution in [2.45, 2.75) is 73.1 Å². The molecular formula is C16H24Cl4OS2. The molecule has 2 aliphatic carbocycles. The molecule has 0 aromatic carbocycles. The van der Waals surface area contributed by atoms with Crippen LogP contribution in [0.3, 0.4) is 0 Å². The van der Waals surface area contributed by atoms with Crippen molar-refractivity contribution in [2.75, 3.05) is 0 Å². The van der Waals surface area contributed by atoms with Gasteiger partial charge in [0.15, 0.2) is 0 Å². The van der Waals surface area contributed by atoms with Crippen molar-refractivity contribution in [3.63, 3.8) is 0 Å². The quantitative estimate of drug-likeness (QED) is 0.291. The van der Waals surface area contributed by atoms with Crippen LogP contribution in [-0.4, -0.2) is 17.7 Å². The number of hydrogen-bond acceptors (Lipinski definition) is 3. The van der Waals surface area contributed by atoms with Gasteiger partial charge in [-0.25, -0.2) is 0 Å². The summed E-state index contributed by atoms with van der Waals surface area (Å²) in [5, 5.41) is 0. The molecule has 3 rings (SSSR count). The van der Waals surface area contributed by atoms with Gasteiger partial charge in [0.05, 0.1) is 0 Å². The molecule has 0 aromatic rings. The Hall–Kier alpha value is 1.82. The van der Waals surface area contributed by atoms with E-state index in [4.69, 9.17) is 50.6 Å². The summed E-state index contributed by atoms with van der Waals surface area (Å²) in [4.78, 5) is -0.493. The van der Waals surface area contributed by atoms with Crippen molar-refractivity contribution < 1.29 is 4.18 Å². The van der Waals surface area contributed by atoms with Gasteiger partial charge in [0, 0.05) is 33.7 Å². The number of alkyl halides is 4. The highest BCUT2D eigenvalue weighted by molar-refractivity contribution is 8.19. The van der Waals surface area contributed by atoms with Gasteiger partial charge in [-0.1, -0.05) is 55.4 Å². The molecule has 1 nitrogen and oxygen atoms in total. The molecule has 1 saturated heterocycles. The minimum Gasteiger partial charge on any atom is -0.295 e. The maximum Gasteiger partial charge on any atom is 0.145 e. The lowest BCUT2D eigenvalue weighted by molar-refractivity contribution is -0.163. The van der Waals surface area contributed by atoms with Crippen LogP contribution in [0.5, 0.6) is 0 Å². The van der Waals surface area contributed by atoms with Gasteiger partial charge in [-0.3, -0.25) is 4.18 Å². The predicted octanol–water partition coefficient (Wildman–Crippen LogP) is 7.27. The van der Waals surface area contributed by atoms with Crippen molar-refractivity contribution in [1.82, 2.24) is 0 Å². The van der Waals surface area contributed by atoms with Crippen molar-refractivity contribution in [3.8, 4) is 0 Å². The second kappa shape index (κ2) is 4.45. The molecule has 0 aromatic heterocycles. The van der Waals surface area contributed by atoms with Gasteiger partial charge in [-0.05, 0) is 0 Å². The number of hydrogen-bond donors (Lipinski definition) is 0. The number of rotatable bonds is 0. The second-order valence-corrected chi connectivity index (χ2v) is 14.4. The van der Waals surface area contributed by atoms with Crippen LogP contribution < -0.4 is 0 Å². The third-order valence-electron chi connectivity index (χ3n) is 6.99. The zero-order valence-electron chi connectivity index (χ0n) is 14.7. The minimum atomic E-state index is -0.865. The monoisotopic (exact) mass is 436 g/mol. The number of halogens is 4. The normalized spacial score (nSPS) is 38.1. The van der Waals surface area contributed by atoms with Gasteiger partial charge >= 0.3 is 0 Å². The van der Waals surface area contributed by atoms with Crippen molar-refractivity contribution in [1.29, 1.82) is 0 Å². The first-order valence-corrected chi connectivity index (χ1v) is 10.8. The van der Waals surface area contributed by atoms with Crippen molar-refractivity contribution >= 4 is 70.2 Å². The Kier molecular flexibility index (Phi) is 3.78. The Morgan fingerprint density at radius 3 is 1.35 bits per heavy atom. The van der Waals surface area contributed by atoms with Crippen LogP contribution in [0, 0.1) is 21.7 Å². The van der Waals surface area contributed by atoms with Crippen LogP contribution in [0.4, 0.5) is 0 Å². The fourth-order valence-electron chi connectivity index (χ4n) is 5.11. The van der Waals surface area contributed by atoms with E-state index in [0.29, 0.717) is 0 Å². The standard InChI is InChI=1S/C16H24Cl4OS2/c1-9(2)13(17,18)10(3,4)15(9)21-23-16(22-15)11(5,6)14(19,20)12(16,7)8/h1-8H3. The van der Waals surface area contributed by atoms with Crippen LogP contribution in [-0.2, 0) is 4.18 Å². The van der Waals surface area contributed by atoms with Gasteiger partial charge in [-0.2, -0.15) is 0 Å². The molecule has 2 saturated carbocycles. The average Bonchev–Trinajstić information content (AvgIpc) is 2.82. The molecule has 7 heteroatoms. The van der Waals surface area contributed by atoms with Gasteiger partial charge in [0.2, 0.25) is 0 Å². The third kappa shape index (κ3) is 1.50. The molecule has 0 unspecified atom stereocenters. The van der Waals surface area contributed by atoms with Gasteiger partial charge in [0.25, 0.3) is 0 Å². The van der Waals surface area contributed by atoms with E-state index in [9.17, 15) is 0 Å². The molecule has 0 N–H and O–H groups in total. The van der Waals surface area contributed by atoms with Crippen LogP contribution in [0.25, 0.3) is 0 Å². The highest BCUT2D eigenvalue weighted by atomic mass is 35.5. The SMILES string of the molecule is CC1(C)C(Cl)(Cl)C(C)(C)C12OSC1(S2)C(C)(C)C(Cl)(Cl)C1(C)C. The Bertz CT molecular complexity index is 495. The van der Waals surface area contributed by atoms with Gasteiger partial charge in [-0.15, -0.1) is 58.2 Å². The van der Waals surface area contributed by atoms with E-state index in [-0.39, 0.29) is 14.9 Å². The fraction of sp³-hybridized carbons (Fsp3) is 1.00.